The summed E-state index contributed by atoms with van der Waals surface area (Å²) in [6, 6.07) is 4.68. The SMILES string of the molecule is C=CCCC(=O)CC(CC(=O)CCNC(=O)OC[C@H](NC)C(=O)NCCOC)C(=O)N[C@@H](C)COCCCNC(=O)[C@H](Cc1ccccc1)NC(=O)[C@H](C)[C@@H](OC)[C@@H]1CCCN1C(=O)C[C@@H](OC)[C@H]([C@@H](C)CC)N(C)C(=O)[C@@H](NC(=O)[C@H](C(C)C)N(C)C)C(C)C. The molecule has 0 radical (unpaired) electrons. The third-order valence-corrected chi connectivity index (χ3v) is 16.7. The number of carbonyl (C=O) groups is 10. The molecule has 1 heterocycles. The molecular formula is C66H112N10O15. The minimum atomic E-state index is -0.981. The number of carbonyl (C=O) groups excluding carboxylic acids is 10. The van der Waals surface area contributed by atoms with E-state index in [1.165, 1.54) is 21.3 Å². The van der Waals surface area contributed by atoms with Crippen molar-refractivity contribution in [1.82, 2.24) is 51.9 Å². The van der Waals surface area contributed by atoms with Crippen LogP contribution in [0.1, 0.15) is 125 Å². The number of methoxy groups -OCH3 is 3. The summed E-state index contributed by atoms with van der Waals surface area (Å²) in [5.41, 5.74) is 0.815. The highest BCUT2D eigenvalue weighted by atomic mass is 16.5. The Balaban J connectivity index is 2.09. The fourth-order valence-electron chi connectivity index (χ4n) is 11.4. The van der Waals surface area contributed by atoms with Crippen LogP contribution in [-0.4, -0.2) is 230 Å². The van der Waals surface area contributed by atoms with E-state index in [0.29, 0.717) is 45.3 Å². The molecule has 12 atom stereocenters. The molecule has 1 aliphatic heterocycles. The van der Waals surface area contributed by atoms with Gasteiger partial charge < -0.3 is 70.7 Å². The van der Waals surface area contributed by atoms with Gasteiger partial charge in [0.15, 0.2) is 0 Å². The largest absolute Gasteiger partial charge is 0.447 e. The van der Waals surface area contributed by atoms with Crippen molar-refractivity contribution < 1.29 is 71.6 Å². The first-order valence-corrected chi connectivity index (χ1v) is 32.3. The maximum absolute atomic E-state index is 14.6. The van der Waals surface area contributed by atoms with Crippen LogP contribution in [0.2, 0.25) is 0 Å². The van der Waals surface area contributed by atoms with E-state index in [4.69, 9.17) is 23.7 Å². The number of likely N-dealkylation sites (tertiary alicyclic amines) is 1. The number of amides is 8. The lowest BCUT2D eigenvalue weighted by molar-refractivity contribution is -0.148. The van der Waals surface area contributed by atoms with Gasteiger partial charge in [0.25, 0.3) is 0 Å². The quantitative estimate of drug-likeness (QED) is 0.0364. The molecule has 8 amide bonds. The molecular weight excluding hydrogens is 1170 g/mol. The number of allylic oxidation sites excluding steroid dienone is 1. The van der Waals surface area contributed by atoms with Gasteiger partial charge in [-0.15, -0.1) is 6.58 Å². The number of ketones is 2. The van der Waals surface area contributed by atoms with Gasteiger partial charge in [0.05, 0.1) is 61.8 Å². The number of hydrogen-bond acceptors (Lipinski definition) is 17. The van der Waals surface area contributed by atoms with E-state index >= 15 is 0 Å². The number of rotatable bonds is 46. The standard InChI is InChI=1S/C66H112N10O15/c1-17-19-27-49(77)37-48(38-50(78)29-31-70-66(86)91-41-52(67-10)63(83)69-32-35-87-14)61(81)71-45(8)40-90-34-24-30-68-62(82)51(36-47-25-21-20-22-26-47)72-60(80)46(9)59(89-16)53-28-23-33-76(53)55(79)39-54(88-15)58(44(7)18-2)75(13)65(85)56(42(3)4)73-64(84)57(43(5)6)74(11)12/h17,20-22,25-26,42-46,48,51-54,56-59,67H,1,18-19,23-24,27-41H2,2-16H3,(H,68,82)(H,69,83)(H,70,86)(H,71,81)(H,72,80)(H,73,84)/t44-,45-,46+,48?,51-,52-,53-,54+,56-,57-,58-,59+/m0/s1. The van der Waals surface area contributed by atoms with Crippen LogP contribution in [0.15, 0.2) is 43.0 Å². The van der Waals surface area contributed by atoms with Crippen molar-refractivity contribution in [2.24, 2.45) is 29.6 Å². The average Bonchev–Trinajstić information content (AvgIpc) is 1.93. The molecule has 516 valence electrons. The van der Waals surface area contributed by atoms with E-state index < -0.39 is 90.2 Å². The molecule has 0 bridgehead atoms. The van der Waals surface area contributed by atoms with Crippen LogP contribution in [0.4, 0.5) is 4.79 Å². The zero-order valence-corrected chi connectivity index (χ0v) is 57.2. The van der Waals surface area contributed by atoms with Crippen LogP contribution < -0.4 is 37.2 Å². The monoisotopic (exact) mass is 1280 g/mol. The minimum absolute atomic E-state index is 0.000175. The molecule has 2 rings (SSSR count). The Hall–Kier alpha value is -6.38. The van der Waals surface area contributed by atoms with Gasteiger partial charge in [-0.3, -0.25) is 48.1 Å². The normalized spacial score (nSPS) is 16.8. The van der Waals surface area contributed by atoms with Crippen molar-refractivity contribution in [3.05, 3.63) is 48.6 Å². The van der Waals surface area contributed by atoms with Crippen molar-refractivity contribution in [2.45, 2.75) is 181 Å². The highest BCUT2D eigenvalue weighted by Crippen LogP contribution is 2.30. The predicted octanol–water partition coefficient (Wildman–Crippen LogP) is 3.36. The number of Topliss-reactive ketones (excluding diaryl/α,β-unsaturated/α-hetero) is 2. The smallest absolute Gasteiger partial charge is 0.407 e. The molecule has 0 aromatic heterocycles. The maximum Gasteiger partial charge on any atom is 0.407 e. The molecule has 1 saturated heterocycles. The zero-order valence-electron chi connectivity index (χ0n) is 57.2. The first-order valence-electron chi connectivity index (χ1n) is 32.3. The summed E-state index contributed by atoms with van der Waals surface area (Å²) in [6.45, 7) is 19.9. The lowest BCUT2D eigenvalue weighted by Gasteiger charge is -2.41. The van der Waals surface area contributed by atoms with Gasteiger partial charge in [-0.2, -0.15) is 0 Å². The van der Waals surface area contributed by atoms with Gasteiger partial charge >= 0.3 is 6.09 Å². The molecule has 0 saturated carbocycles. The first-order chi connectivity index (χ1) is 43.2. The number of nitrogens with zero attached hydrogens (tertiary/aromatic N) is 3. The molecule has 1 aromatic rings. The summed E-state index contributed by atoms with van der Waals surface area (Å²) < 4.78 is 28.1. The number of ether oxygens (including phenoxy) is 5. The fraction of sp³-hybridized carbons (Fsp3) is 0.727. The Kier molecular flexibility index (Phi) is 38.5. The van der Waals surface area contributed by atoms with E-state index in [2.05, 4.69) is 43.8 Å². The van der Waals surface area contributed by atoms with E-state index in [0.717, 1.165) is 5.56 Å². The molecule has 1 fully saturated rings. The first kappa shape index (κ1) is 80.7. The van der Waals surface area contributed by atoms with Crippen molar-refractivity contribution in [1.29, 1.82) is 0 Å². The molecule has 91 heavy (non-hydrogen) atoms. The second-order valence-electron chi connectivity index (χ2n) is 24.8. The Bertz CT molecular complexity index is 2430. The number of alkyl carbamates (subject to hydrolysis) is 1. The van der Waals surface area contributed by atoms with E-state index in [9.17, 15) is 47.9 Å². The molecule has 0 aliphatic carbocycles. The summed E-state index contributed by atoms with van der Waals surface area (Å²) >= 11 is 0. The topological polar surface area (TPSA) is 311 Å². The molecule has 25 nitrogen and oxygen atoms in total. The molecule has 7 N–H and O–H groups in total. The number of hydrogen-bond donors (Lipinski definition) is 7. The van der Waals surface area contributed by atoms with Crippen LogP contribution in [0.3, 0.4) is 0 Å². The summed E-state index contributed by atoms with van der Waals surface area (Å²) in [6.07, 6.45) is 1.72. The summed E-state index contributed by atoms with van der Waals surface area (Å²) in [5, 5.41) is 19.7. The zero-order chi connectivity index (χ0) is 68.3. The number of nitrogens with one attached hydrogen (secondary N) is 7. The van der Waals surface area contributed by atoms with Gasteiger partial charge in [-0.05, 0) is 77.1 Å². The second-order valence-corrected chi connectivity index (χ2v) is 24.8. The van der Waals surface area contributed by atoms with Crippen LogP contribution in [0.5, 0.6) is 0 Å². The lowest BCUT2D eigenvalue weighted by Crippen LogP contribution is -2.59. The van der Waals surface area contributed by atoms with Crippen LogP contribution in [-0.2, 0) is 73.3 Å². The van der Waals surface area contributed by atoms with E-state index in [1.807, 2.05) is 90.9 Å². The van der Waals surface area contributed by atoms with Crippen molar-refractivity contribution in [2.75, 3.05) is 102 Å². The predicted molar refractivity (Wildman–Crippen MR) is 347 cm³/mol. The summed E-state index contributed by atoms with van der Waals surface area (Å²) in [4.78, 5) is 140. The molecule has 1 aromatic carbocycles. The van der Waals surface area contributed by atoms with Gasteiger partial charge in [0, 0.05) is 99.3 Å². The molecule has 25 heteroatoms. The lowest BCUT2D eigenvalue weighted by atomic mass is 9.89. The Morgan fingerprint density at radius 1 is 0.714 bits per heavy atom. The number of likely N-dealkylation sites (N-methyl/N-ethyl adjacent to an activating group) is 3. The average molecular weight is 1290 g/mol. The fourth-order valence-corrected chi connectivity index (χ4v) is 11.4. The van der Waals surface area contributed by atoms with Gasteiger partial charge in [-0.25, -0.2) is 4.79 Å². The van der Waals surface area contributed by atoms with E-state index in [-0.39, 0.29) is 131 Å². The summed E-state index contributed by atoms with van der Waals surface area (Å²) in [5.74, 6) is -5.17. The van der Waals surface area contributed by atoms with Crippen LogP contribution in [0.25, 0.3) is 0 Å². The van der Waals surface area contributed by atoms with Crippen molar-refractivity contribution >= 4 is 59.0 Å². The Labute approximate surface area is 541 Å². The van der Waals surface area contributed by atoms with Gasteiger partial charge in [0.2, 0.25) is 41.4 Å². The third-order valence-electron chi connectivity index (χ3n) is 16.7. The van der Waals surface area contributed by atoms with Crippen LogP contribution in [0, 0.1) is 29.6 Å². The molecule has 1 aliphatic rings. The Morgan fingerprint density at radius 3 is 1.95 bits per heavy atom. The third kappa shape index (κ3) is 28.2. The summed E-state index contributed by atoms with van der Waals surface area (Å²) in [7, 11) is 11.5. The number of benzene rings is 1. The minimum Gasteiger partial charge on any atom is -0.447 e. The molecule has 0 spiro atoms. The van der Waals surface area contributed by atoms with Gasteiger partial charge in [-0.1, -0.05) is 91.3 Å². The molecule has 1 unspecified atom stereocenters. The van der Waals surface area contributed by atoms with E-state index in [1.54, 1.807) is 43.8 Å². The van der Waals surface area contributed by atoms with Crippen LogP contribution >= 0.6 is 0 Å². The Morgan fingerprint density at radius 2 is 1.36 bits per heavy atom. The van der Waals surface area contributed by atoms with Crippen molar-refractivity contribution in [3.63, 3.8) is 0 Å². The maximum atomic E-state index is 14.6. The van der Waals surface area contributed by atoms with Gasteiger partial charge in [0.1, 0.15) is 36.3 Å². The van der Waals surface area contributed by atoms with Crippen molar-refractivity contribution in [3.8, 4) is 0 Å². The second kappa shape index (κ2) is 43.4. The highest BCUT2D eigenvalue weighted by Gasteiger charge is 2.44. The highest BCUT2D eigenvalue weighted by molar-refractivity contribution is 5.92.